The maximum Gasteiger partial charge on any atom is 0.306 e. The Morgan fingerprint density at radius 2 is 1.61 bits per heavy atom. The fourth-order valence-electron chi connectivity index (χ4n) is 3.16. The van der Waals surface area contributed by atoms with Crippen LogP contribution in [0.15, 0.2) is 42.5 Å². The molecule has 0 aliphatic carbocycles. The molecule has 2 amide bonds. The van der Waals surface area contributed by atoms with E-state index in [4.69, 9.17) is 4.74 Å². The predicted octanol–water partition coefficient (Wildman–Crippen LogP) is 3.11. The highest BCUT2D eigenvalue weighted by Crippen LogP contribution is 2.22. The Morgan fingerprint density at radius 3 is 2.25 bits per heavy atom. The zero-order valence-electron chi connectivity index (χ0n) is 15.9. The molecule has 1 heterocycles. The molecule has 0 N–H and O–H groups in total. The quantitative estimate of drug-likeness (QED) is 0.419. The summed E-state index contributed by atoms with van der Waals surface area (Å²) in [4.78, 5) is 49.8. The third kappa shape index (κ3) is 4.01. The number of carbonyl (C=O) groups excluding carboxylic acids is 4. The Bertz CT molecular complexity index is 928. The van der Waals surface area contributed by atoms with Crippen LogP contribution < -0.4 is 0 Å². The van der Waals surface area contributed by atoms with Gasteiger partial charge in [-0.15, -0.1) is 0 Å². The van der Waals surface area contributed by atoms with E-state index >= 15 is 0 Å². The van der Waals surface area contributed by atoms with E-state index in [0.717, 1.165) is 16.0 Å². The average molecular weight is 379 g/mol. The van der Waals surface area contributed by atoms with Crippen molar-refractivity contribution >= 4 is 23.6 Å². The monoisotopic (exact) mass is 379 g/mol. The Labute approximate surface area is 163 Å². The maximum absolute atomic E-state index is 12.3. The lowest BCUT2D eigenvalue weighted by atomic mass is 10.0. The molecule has 0 saturated carbocycles. The highest BCUT2D eigenvalue weighted by Gasteiger charge is 2.34. The topological polar surface area (TPSA) is 80.8 Å². The van der Waals surface area contributed by atoms with Crippen molar-refractivity contribution in [3.05, 3.63) is 70.3 Å². The van der Waals surface area contributed by atoms with Gasteiger partial charge in [0.05, 0.1) is 11.1 Å². The van der Waals surface area contributed by atoms with Crippen LogP contribution in [-0.2, 0) is 9.53 Å². The van der Waals surface area contributed by atoms with Crippen LogP contribution in [0.3, 0.4) is 0 Å². The standard InChI is InChI=1S/C22H21NO5/c1-14-9-10-15(2)18(12-14)19(24)13-28-20(25)8-5-11-23-21(26)16-6-3-4-7-17(16)22(23)27/h3-4,6-7,9-10,12H,5,8,11,13H2,1-2H3. The van der Waals surface area contributed by atoms with Crippen LogP contribution in [0.1, 0.15) is 55.0 Å². The molecule has 2 aromatic carbocycles. The molecule has 0 unspecified atom stereocenters. The van der Waals surface area contributed by atoms with Crippen molar-refractivity contribution in [1.29, 1.82) is 0 Å². The molecular weight excluding hydrogens is 358 g/mol. The Kier molecular flexibility index (Phi) is 5.68. The van der Waals surface area contributed by atoms with E-state index in [2.05, 4.69) is 0 Å². The molecule has 0 fully saturated rings. The lowest BCUT2D eigenvalue weighted by molar-refractivity contribution is -0.142. The second-order valence-electron chi connectivity index (χ2n) is 6.81. The summed E-state index contributed by atoms with van der Waals surface area (Å²) in [6.45, 7) is 3.53. The van der Waals surface area contributed by atoms with Crippen molar-refractivity contribution < 1.29 is 23.9 Å². The number of rotatable bonds is 7. The summed E-state index contributed by atoms with van der Waals surface area (Å²) in [5, 5.41) is 0. The minimum absolute atomic E-state index is 0.0213. The number of benzene rings is 2. The first-order chi connectivity index (χ1) is 13.4. The van der Waals surface area contributed by atoms with Crippen LogP contribution in [0.4, 0.5) is 0 Å². The van der Waals surface area contributed by atoms with Gasteiger partial charge in [-0.2, -0.15) is 0 Å². The van der Waals surface area contributed by atoms with Crippen molar-refractivity contribution in [3.63, 3.8) is 0 Å². The number of Topliss-reactive ketones (excluding diaryl/α,β-unsaturated/α-hetero) is 1. The zero-order chi connectivity index (χ0) is 20.3. The van der Waals surface area contributed by atoms with Gasteiger partial charge >= 0.3 is 5.97 Å². The lowest BCUT2D eigenvalue weighted by Gasteiger charge is -2.13. The van der Waals surface area contributed by atoms with Gasteiger partial charge < -0.3 is 4.74 Å². The van der Waals surface area contributed by atoms with Gasteiger partial charge in [-0.1, -0.05) is 29.8 Å². The summed E-state index contributed by atoms with van der Waals surface area (Å²) in [5.41, 5.74) is 3.10. The molecule has 6 nitrogen and oxygen atoms in total. The number of ketones is 1. The summed E-state index contributed by atoms with van der Waals surface area (Å²) in [7, 11) is 0. The molecular formula is C22H21NO5. The number of hydrogen-bond acceptors (Lipinski definition) is 5. The third-order valence-electron chi connectivity index (χ3n) is 4.70. The number of hydrogen-bond donors (Lipinski definition) is 0. The van der Waals surface area contributed by atoms with Crippen LogP contribution in [0.2, 0.25) is 0 Å². The van der Waals surface area contributed by atoms with Crippen molar-refractivity contribution in [2.75, 3.05) is 13.2 Å². The van der Waals surface area contributed by atoms with Crippen molar-refractivity contribution in [2.24, 2.45) is 0 Å². The van der Waals surface area contributed by atoms with Crippen LogP contribution >= 0.6 is 0 Å². The molecule has 6 heteroatoms. The second-order valence-corrected chi connectivity index (χ2v) is 6.81. The molecule has 1 aliphatic rings. The van der Waals surface area contributed by atoms with E-state index in [0.29, 0.717) is 16.7 Å². The van der Waals surface area contributed by atoms with Crippen LogP contribution in [0.5, 0.6) is 0 Å². The van der Waals surface area contributed by atoms with Gasteiger partial charge in [-0.3, -0.25) is 24.1 Å². The largest absolute Gasteiger partial charge is 0.457 e. The predicted molar refractivity (Wildman–Crippen MR) is 102 cm³/mol. The maximum atomic E-state index is 12.3. The van der Waals surface area contributed by atoms with Crippen molar-refractivity contribution in [1.82, 2.24) is 4.90 Å². The highest BCUT2D eigenvalue weighted by molar-refractivity contribution is 6.21. The van der Waals surface area contributed by atoms with E-state index in [1.54, 1.807) is 30.3 Å². The Balaban J connectivity index is 1.47. The molecule has 28 heavy (non-hydrogen) atoms. The number of amides is 2. The number of esters is 1. The summed E-state index contributed by atoms with van der Waals surface area (Å²) in [6.07, 6.45) is 0.301. The van der Waals surface area contributed by atoms with Crippen LogP contribution in [0.25, 0.3) is 0 Å². The van der Waals surface area contributed by atoms with Gasteiger partial charge in [0.2, 0.25) is 5.78 Å². The van der Waals surface area contributed by atoms with E-state index in [1.807, 2.05) is 26.0 Å². The number of fused-ring (bicyclic) bond motifs is 1. The Hall–Kier alpha value is -3.28. The molecule has 0 atom stereocenters. The summed E-state index contributed by atoms with van der Waals surface area (Å²) in [6, 6.07) is 12.2. The smallest absolute Gasteiger partial charge is 0.306 e. The molecule has 0 radical (unpaired) electrons. The molecule has 0 saturated heterocycles. The van der Waals surface area contributed by atoms with Gasteiger partial charge in [0.15, 0.2) is 6.61 Å². The van der Waals surface area contributed by atoms with E-state index in [-0.39, 0.29) is 43.6 Å². The SMILES string of the molecule is Cc1ccc(C)c(C(=O)COC(=O)CCCN2C(=O)c3ccccc3C2=O)c1. The molecule has 144 valence electrons. The van der Waals surface area contributed by atoms with Gasteiger partial charge in [-0.25, -0.2) is 0 Å². The highest BCUT2D eigenvalue weighted by atomic mass is 16.5. The van der Waals surface area contributed by atoms with Gasteiger partial charge in [0, 0.05) is 18.5 Å². The molecule has 3 rings (SSSR count). The van der Waals surface area contributed by atoms with E-state index in [1.165, 1.54) is 0 Å². The number of ether oxygens (including phenoxy) is 1. The molecule has 0 spiro atoms. The fourth-order valence-corrected chi connectivity index (χ4v) is 3.16. The third-order valence-corrected chi connectivity index (χ3v) is 4.70. The zero-order valence-corrected chi connectivity index (χ0v) is 15.9. The Morgan fingerprint density at radius 1 is 0.964 bits per heavy atom. The van der Waals surface area contributed by atoms with E-state index < -0.39 is 5.97 Å². The number of carbonyl (C=O) groups is 4. The molecule has 1 aliphatic heterocycles. The summed E-state index contributed by atoms with van der Waals surface area (Å²) in [5.74, 6) is -1.48. The normalized spacial score (nSPS) is 12.9. The number of aryl methyl sites for hydroxylation is 2. The minimum atomic E-state index is -0.532. The van der Waals surface area contributed by atoms with Gasteiger partial charge in [-0.05, 0) is 44.0 Å². The number of nitrogens with zero attached hydrogens (tertiary/aromatic N) is 1. The lowest BCUT2D eigenvalue weighted by Crippen LogP contribution is -2.31. The first-order valence-corrected chi connectivity index (χ1v) is 9.10. The van der Waals surface area contributed by atoms with Crippen LogP contribution in [-0.4, -0.2) is 41.6 Å². The second kappa shape index (κ2) is 8.17. The summed E-state index contributed by atoms with van der Waals surface area (Å²) < 4.78 is 5.06. The molecule has 2 aromatic rings. The van der Waals surface area contributed by atoms with Gasteiger partial charge in [0.1, 0.15) is 0 Å². The molecule has 0 aromatic heterocycles. The average Bonchev–Trinajstić information content (AvgIpc) is 2.93. The van der Waals surface area contributed by atoms with Crippen molar-refractivity contribution in [3.8, 4) is 0 Å². The number of imide groups is 1. The first kappa shape index (κ1) is 19.5. The fraction of sp³-hybridized carbons (Fsp3) is 0.273. The minimum Gasteiger partial charge on any atom is -0.457 e. The van der Waals surface area contributed by atoms with Gasteiger partial charge in [0.25, 0.3) is 11.8 Å². The summed E-state index contributed by atoms with van der Waals surface area (Å²) >= 11 is 0. The van der Waals surface area contributed by atoms with Crippen LogP contribution in [0, 0.1) is 13.8 Å². The van der Waals surface area contributed by atoms with Crippen molar-refractivity contribution in [2.45, 2.75) is 26.7 Å². The van der Waals surface area contributed by atoms with E-state index in [9.17, 15) is 19.2 Å². The first-order valence-electron chi connectivity index (χ1n) is 9.10. The molecule has 0 bridgehead atoms.